The second-order valence-electron chi connectivity index (χ2n) is 5.12. The lowest BCUT2D eigenvalue weighted by Crippen LogP contribution is -2.47. The van der Waals surface area contributed by atoms with Crippen LogP contribution >= 0.6 is 0 Å². The van der Waals surface area contributed by atoms with Crippen LogP contribution in [-0.2, 0) is 0 Å². The maximum absolute atomic E-state index is 5.43. The standard InChI is InChI=1S/C15H20N6O/c1-3-22-14-4-5-17-15(19-14)21-8-6-20(7-9-21)13-11-16-10-12(2)18-13/h4-5,10-11H,3,6-9H2,1-2H3. The topological polar surface area (TPSA) is 67.3 Å². The summed E-state index contributed by atoms with van der Waals surface area (Å²) in [5.74, 6) is 2.28. The third kappa shape index (κ3) is 3.24. The molecule has 0 aliphatic carbocycles. The molecule has 0 unspecified atom stereocenters. The van der Waals surface area contributed by atoms with Gasteiger partial charge in [-0.1, -0.05) is 0 Å². The fourth-order valence-electron chi connectivity index (χ4n) is 2.45. The number of anilines is 2. The number of piperazine rings is 1. The van der Waals surface area contributed by atoms with Crippen LogP contribution in [0.5, 0.6) is 5.88 Å². The van der Waals surface area contributed by atoms with Crippen LogP contribution in [0.15, 0.2) is 24.7 Å². The van der Waals surface area contributed by atoms with Gasteiger partial charge < -0.3 is 14.5 Å². The first-order valence-electron chi connectivity index (χ1n) is 7.50. The summed E-state index contributed by atoms with van der Waals surface area (Å²) in [5.41, 5.74) is 0.938. The van der Waals surface area contributed by atoms with Gasteiger partial charge in [0.2, 0.25) is 11.8 Å². The Labute approximate surface area is 130 Å². The molecule has 2 aromatic rings. The molecule has 0 atom stereocenters. The summed E-state index contributed by atoms with van der Waals surface area (Å²) in [4.78, 5) is 21.9. The van der Waals surface area contributed by atoms with Gasteiger partial charge in [0.05, 0.1) is 18.5 Å². The predicted molar refractivity (Wildman–Crippen MR) is 84.4 cm³/mol. The lowest BCUT2D eigenvalue weighted by molar-refractivity contribution is 0.326. The number of aryl methyl sites for hydroxylation is 1. The van der Waals surface area contributed by atoms with Crippen LogP contribution in [0.1, 0.15) is 12.6 Å². The molecule has 7 nitrogen and oxygen atoms in total. The fraction of sp³-hybridized carbons (Fsp3) is 0.467. The van der Waals surface area contributed by atoms with E-state index in [2.05, 4.69) is 29.7 Å². The van der Waals surface area contributed by atoms with Crippen LogP contribution in [0, 0.1) is 6.92 Å². The molecule has 0 saturated carbocycles. The first-order valence-corrected chi connectivity index (χ1v) is 7.50. The van der Waals surface area contributed by atoms with Gasteiger partial charge >= 0.3 is 0 Å². The highest BCUT2D eigenvalue weighted by molar-refractivity contribution is 5.41. The average Bonchev–Trinajstić information content (AvgIpc) is 2.56. The molecule has 0 spiro atoms. The zero-order valence-corrected chi connectivity index (χ0v) is 12.9. The lowest BCUT2D eigenvalue weighted by Gasteiger charge is -2.35. The van der Waals surface area contributed by atoms with Crippen molar-refractivity contribution in [2.75, 3.05) is 42.6 Å². The number of nitrogens with zero attached hydrogens (tertiary/aromatic N) is 6. The summed E-state index contributed by atoms with van der Waals surface area (Å²) in [6.07, 6.45) is 5.33. The Balaban J connectivity index is 1.65. The molecule has 7 heteroatoms. The summed E-state index contributed by atoms with van der Waals surface area (Å²) in [6, 6.07) is 1.78. The molecule has 0 bridgehead atoms. The van der Waals surface area contributed by atoms with Crippen LogP contribution < -0.4 is 14.5 Å². The summed E-state index contributed by atoms with van der Waals surface area (Å²) < 4.78 is 5.43. The number of hydrogen-bond donors (Lipinski definition) is 0. The molecule has 0 N–H and O–H groups in total. The predicted octanol–water partition coefficient (Wildman–Crippen LogP) is 1.30. The van der Waals surface area contributed by atoms with Crippen molar-refractivity contribution < 1.29 is 4.74 Å². The van der Waals surface area contributed by atoms with Crippen molar-refractivity contribution in [3.63, 3.8) is 0 Å². The van der Waals surface area contributed by atoms with Gasteiger partial charge in [-0.15, -0.1) is 0 Å². The van der Waals surface area contributed by atoms with E-state index in [-0.39, 0.29) is 0 Å². The van der Waals surface area contributed by atoms with E-state index in [1.165, 1.54) is 0 Å². The highest BCUT2D eigenvalue weighted by Crippen LogP contribution is 2.17. The number of rotatable bonds is 4. The first-order chi connectivity index (χ1) is 10.8. The van der Waals surface area contributed by atoms with E-state index in [4.69, 9.17) is 4.74 Å². The summed E-state index contributed by atoms with van der Waals surface area (Å²) in [6.45, 7) is 7.97. The van der Waals surface area contributed by atoms with Crippen LogP contribution in [0.4, 0.5) is 11.8 Å². The molecule has 0 amide bonds. The smallest absolute Gasteiger partial charge is 0.228 e. The van der Waals surface area contributed by atoms with Crippen LogP contribution in [0.25, 0.3) is 0 Å². The van der Waals surface area contributed by atoms with E-state index >= 15 is 0 Å². The number of ether oxygens (including phenoxy) is 1. The van der Waals surface area contributed by atoms with Crippen LogP contribution in [-0.4, -0.2) is 52.7 Å². The Hall–Kier alpha value is -2.44. The van der Waals surface area contributed by atoms with E-state index < -0.39 is 0 Å². The molecule has 116 valence electrons. The summed E-state index contributed by atoms with van der Waals surface area (Å²) in [7, 11) is 0. The van der Waals surface area contributed by atoms with Gasteiger partial charge in [-0.2, -0.15) is 4.98 Å². The van der Waals surface area contributed by atoms with E-state index in [1.807, 2.05) is 20.0 Å². The van der Waals surface area contributed by atoms with E-state index in [0.29, 0.717) is 12.5 Å². The first kappa shape index (κ1) is 14.5. The van der Waals surface area contributed by atoms with Crippen molar-refractivity contribution in [3.8, 4) is 5.88 Å². The third-order valence-electron chi connectivity index (χ3n) is 3.54. The normalized spacial score (nSPS) is 15.0. The van der Waals surface area contributed by atoms with Gasteiger partial charge in [-0.05, 0) is 13.8 Å². The Morgan fingerprint density at radius 2 is 1.86 bits per heavy atom. The second-order valence-corrected chi connectivity index (χ2v) is 5.12. The van der Waals surface area contributed by atoms with Gasteiger partial charge in [-0.3, -0.25) is 4.98 Å². The van der Waals surface area contributed by atoms with Crippen molar-refractivity contribution in [3.05, 3.63) is 30.4 Å². The average molecular weight is 300 g/mol. The highest BCUT2D eigenvalue weighted by atomic mass is 16.5. The van der Waals surface area contributed by atoms with Crippen molar-refractivity contribution >= 4 is 11.8 Å². The Kier molecular flexibility index (Phi) is 4.32. The molecule has 2 aromatic heterocycles. The largest absolute Gasteiger partial charge is 0.478 e. The third-order valence-corrected chi connectivity index (χ3v) is 3.54. The van der Waals surface area contributed by atoms with Gasteiger partial charge in [0.1, 0.15) is 5.82 Å². The molecule has 3 rings (SSSR count). The summed E-state index contributed by atoms with van der Waals surface area (Å²) >= 11 is 0. The molecule has 3 heterocycles. The highest BCUT2D eigenvalue weighted by Gasteiger charge is 2.20. The SMILES string of the molecule is CCOc1ccnc(N2CCN(c3cncc(C)n3)CC2)n1. The molecular weight excluding hydrogens is 280 g/mol. The zero-order valence-electron chi connectivity index (χ0n) is 12.9. The van der Waals surface area contributed by atoms with E-state index in [1.54, 1.807) is 18.5 Å². The van der Waals surface area contributed by atoms with Crippen molar-refractivity contribution in [2.45, 2.75) is 13.8 Å². The molecule has 0 radical (unpaired) electrons. The van der Waals surface area contributed by atoms with Gasteiger partial charge in [-0.25, -0.2) is 9.97 Å². The second kappa shape index (κ2) is 6.55. The minimum atomic E-state index is 0.607. The Morgan fingerprint density at radius 3 is 2.59 bits per heavy atom. The maximum Gasteiger partial charge on any atom is 0.228 e. The molecule has 1 saturated heterocycles. The van der Waals surface area contributed by atoms with Crippen molar-refractivity contribution in [1.29, 1.82) is 0 Å². The summed E-state index contributed by atoms with van der Waals surface area (Å²) in [5, 5.41) is 0. The Morgan fingerprint density at radius 1 is 1.09 bits per heavy atom. The zero-order chi connectivity index (χ0) is 15.4. The minimum absolute atomic E-state index is 0.607. The van der Waals surface area contributed by atoms with E-state index in [9.17, 15) is 0 Å². The van der Waals surface area contributed by atoms with Gasteiger partial charge in [0, 0.05) is 44.6 Å². The maximum atomic E-state index is 5.43. The Bertz CT molecular complexity index is 627. The molecule has 1 aliphatic heterocycles. The van der Waals surface area contributed by atoms with Crippen molar-refractivity contribution in [1.82, 2.24) is 19.9 Å². The van der Waals surface area contributed by atoms with Crippen LogP contribution in [0.2, 0.25) is 0 Å². The van der Waals surface area contributed by atoms with Crippen LogP contribution in [0.3, 0.4) is 0 Å². The number of hydrogen-bond acceptors (Lipinski definition) is 7. The van der Waals surface area contributed by atoms with E-state index in [0.717, 1.165) is 43.6 Å². The minimum Gasteiger partial charge on any atom is -0.478 e. The molecule has 0 aromatic carbocycles. The lowest BCUT2D eigenvalue weighted by atomic mass is 10.3. The van der Waals surface area contributed by atoms with Gasteiger partial charge in [0.25, 0.3) is 0 Å². The molecule has 1 fully saturated rings. The molecular formula is C15H20N6O. The van der Waals surface area contributed by atoms with Gasteiger partial charge in [0.15, 0.2) is 0 Å². The molecule has 22 heavy (non-hydrogen) atoms. The fourth-order valence-corrected chi connectivity index (χ4v) is 2.45. The quantitative estimate of drug-likeness (QED) is 0.843. The van der Waals surface area contributed by atoms with Crippen molar-refractivity contribution in [2.24, 2.45) is 0 Å². The molecule has 1 aliphatic rings. The number of aromatic nitrogens is 4. The monoisotopic (exact) mass is 300 g/mol.